The number of hydrogen-bond donors (Lipinski definition) is 1. The molecule has 0 amide bonds. The molecular formula is C17H35O5PY2-2. The van der Waals surface area contributed by atoms with Crippen molar-refractivity contribution in [1.82, 2.24) is 0 Å². The van der Waals surface area contributed by atoms with E-state index < -0.39 is 13.9 Å². The van der Waals surface area contributed by atoms with Gasteiger partial charge < -0.3 is 23.5 Å². The van der Waals surface area contributed by atoms with E-state index in [-0.39, 0.29) is 77.4 Å². The standard InChI is InChI=1S/C17H35O5P.2Y/c1-6-10-13-17(11-7-2,12-8-3)15-21-14-16(9-4)22-23(18,19)20-5;;/h16H,2-3,6-15H2,1,4-5H3,(H,18,19);;/q-2;;. The van der Waals surface area contributed by atoms with Gasteiger partial charge in [-0.15, -0.1) is 0 Å². The van der Waals surface area contributed by atoms with E-state index in [4.69, 9.17) is 9.26 Å². The van der Waals surface area contributed by atoms with Gasteiger partial charge in [0.05, 0.1) is 19.3 Å². The maximum Gasteiger partial charge on any atom is 0.472 e. The van der Waals surface area contributed by atoms with Crippen molar-refractivity contribution in [2.45, 2.75) is 71.3 Å². The van der Waals surface area contributed by atoms with E-state index in [1.807, 2.05) is 6.92 Å². The molecule has 0 aliphatic rings. The molecule has 0 aromatic heterocycles. The normalized spacial score (nSPS) is 15.0. The predicted octanol–water partition coefficient (Wildman–Crippen LogP) is 4.95. The summed E-state index contributed by atoms with van der Waals surface area (Å²) in [6.45, 7) is 13.0. The van der Waals surface area contributed by atoms with E-state index in [1.54, 1.807) is 0 Å². The Bertz CT molecular complexity index is 339. The molecule has 0 spiro atoms. The quantitative estimate of drug-likeness (QED) is 0.241. The van der Waals surface area contributed by atoms with Crippen molar-refractivity contribution in [2.75, 3.05) is 20.3 Å². The number of unbranched alkanes of at least 4 members (excludes halogenated alkanes) is 1. The zero-order valence-electron chi connectivity index (χ0n) is 16.2. The van der Waals surface area contributed by atoms with Crippen LogP contribution in [0.15, 0.2) is 0 Å². The summed E-state index contributed by atoms with van der Waals surface area (Å²) >= 11 is 0. The van der Waals surface area contributed by atoms with E-state index in [1.165, 1.54) is 0 Å². The van der Waals surface area contributed by atoms with E-state index >= 15 is 0 Å². The van der Waals surface area contributed by atoms with Crippen LogP contribution in [-0.4, -0.2) is 31.3 Å². The van der Waals surface area contributed by atoms with Crippen molar-refractivity contribution in [1.29, 1.82) is 0 Å². The molecule has 0 rings (SSSR count). The third-order valence-electron chi connectivity index (χ3n) is 4.16. The maximum atomic E-state index is 11.5. The molecule has 0 fully saturated rings. The Morgan fingerprint density at radius 1 is 1.12 bits per heavy atom. The van der Waals surface area contributed by atoms with Crippen LogP contribution in [0.1, 0.15) is 65.2 Å². The first kappa shape index (κ1) is 32.0. The average Bonchev–Trinajstić information content (AvgIpc) is 2.52. The number of phosphoric acid groups is 1. The average molecular weight is 528 g/mol. The van der Waals surface area contributed by atoms with Crippen LogP contribution in [0.4, 0.5) is 0 Å². The Labute approximate surface area is 205 Å². The molecule has 2 unspecified atom stereocenters. The van der Waals surface area contributed by atoms with Crippen LogP contribution in [0.5, 0.6) is 0 Å². The van der Waals surface area contributed by atoms with Gasteiger partial charge in [-0.1, -0.05) is 39.5 Å². The predicted molar refractivity (Wildman–Crippen MR) is 94.0 cm³/mol. The molecule has 5 nitrogen and oxygen atoms in total. The molecule has 0 aliphatic heterocycles. The van der Waals surface area contributed by atoms with Crippen LogP contribution in [-0.2, 0) is 83.8 Å². The van der Waals surface area contributed by atoms with Gasteiger partial charge in [-0.05, 0) is 18.3 Å². The Balaban J connectivity index is -0.00000242. The van der Waals surface area contributed by atoms with E-state index in [0.717, 1.165) is 52.1 Å². The number of ether oxygens (including phenoxy) is 1. The summed E-state index contributed by atoms with van der Waals surface area (Å²) in [6, 6.07) is 0. The summed E-state index contributed by atoms with van der Waals surface area (Å²) in [4.78, 5) is 9.41. The van der Waals surface area contributed by atoms with E-state index in [9.17, 15) is 9.46 Å². The minimum absolute atomic E-state index is 0. The summed E-state index contributed by atoms with van der Waals surface area (Å²) in [5.41, 5.74) is 0.0992. The van der Waals surface area contributed by atoms with E-state index in [2.05, 4.69) is 25.3 Å². The first-order valence-electron chi connectivity index (χ1n) is 8.61. The van der Waals surface area contributed by atoms with Crippen molar-refractivity contribution in [3.05, 3.63) is 13.8 Å². The fourth-order valence-corrected chi connectivity index (χ4v) is 3.43. The molecule has 0 aliphatic carbocycles. The molecule has 2 radical (unpaired) electrons. The first-order valence-corrected chi connectivity index (χ1v) is 10.1. The van der Waals surface area contributed by atoms with Crippen LogP contribution >= 0.6 is 7.82 Å². The molecule has 2 atom stereocenters. The summed E-state index contributed by atoms with van der Waals surface area (Å²) in [5.74, 6) is 0. The smallest absolute Gasteiger partial charge is 0.378 e. The molecule has 25 heavy (non-hydrogen) atoms. The van der Waals surface area contributed by atoms with Gasteiger partial charge >= 0.3 is 7.82 Å². The molecule has 8 heteroatoms. The molecule has 0 saturated heterocycles. The largest absolute Gasteiger partial charge is 0.472 e. The van der Waals surface area contributed by atoms with Gasteiger partial charge in [-0.3, -0.25) is 9.05 Å². The fourth-order valence-electron chi connectivity index (χ4n) is 2.75. The van der Waals surface area contributed by atoms with E-state index in [0.29, 0.717) is 13.0 Å². The van der Waals surface area contributed by atoms with Crippen LogP contribution in [0.3, 0.4) is 0 Å². The van der Waals surface area contributed by atoms with Crippen molar-refractivity contribution >= 4 is 7.82 Å². The number of hydrogen-bond acceptors (Lipinski definition) is 4. The van der Waals surface area contributed by atoms with Crippen LogP contribution < -0.4 is 0 Å². The second kappa shape index (κ2) is 18.3. The summed E-state index contributed by atoms with van der Waals surface area (Å²) in [6.07, 6.45) is 7.31. The van der Waals surface area contributed by atoms with Crippen LogP contribution in [0, 0.1) is 19.3 Å². The minimum atomic E-state index is -3.97. The topological polar surface area (TPSA) is 65.0 Å². The molecule has 0 aromatic carbocycles. The molecule has 0 saturated carbocycles. The van der Waals surface area contributed by atoms with Crippen molar-refractivity contribution in [2.24, 2.45) is 5.41 Å². The third-order valence-corrected chi connectivity index (χ3v) is 5.18. The van der Waals surface area contributed by atoms with Crippen molar-refractivity contribution in [3.8, 4) is 0 Å². The molecular weight excluding hydrogens is 493 g/mol. The maximum absolute atomic E-state index is 11.5. The third kappa shape index (κ3) is 14.9. The Morgan fingerprint density at radius 3 is 2.08 bits per heavy atom. The van der Waals surface area contributed by atoms with Gasteiger partial charge in [0.1, 0.15) is 0 Å². The monoisotopic (exact) mass is 528 g/mol. The molecule has 146 valence electrons. The summed E-state index contributed by atoms with van der Waals surface area (Å²) in [5, 5.41) is 0. The zero-order valence-corrected chi connectivity index (χ0v) is 22.8. The van der Waals surface area contributed by atoms with Gasteiger partial charge in [-0.2, -0.15) is 12.8 Å². The van der Waals surface area contributed by atoms with Gasteiger partial charge in [0.25, 0.3) is 0 Å². The molecule has 0 bridgehead atoms. The van der Waals surface area contributed by atoms with Gasteiger partial charge in [-0.25, -0.2) is 4.57 Å². The van der Waals surface area contributed by atoms with Crippen molar-refractivity contribution in [3.63, 3.8) is 0 Å². The minimum Gasteiger partial charge on any atom is -0.378 e. The van der Waals surface area contributed by atoms with Crippen LogP contribution in [0.25, 0.3) is 0 Å². The van der Waals surface area contributed by atoms with Gasteiger partial charge in [0.15, 0.2) is 0 Å². The SMILES string of the molecule is [CH2-]CCC(CC[CH2-])(CCCC)COCC(CC)OP(=O)(O)OC.[Y].[Y]. The number of rotatable bonds is 15. The summed E-state index contributed by atoms with van der Waals surface area (Å²) in [7, 11) is -2.81. The Hall–Kier alpha value is 2.28. The molecule has 1 N–H and O–H groups in total. The first-order chi connectivity index (χ1) is 10.9. The molecule has 0 aromatic rings. The second-order valence-corrected chi connectivity index (χ2v) is 7.63. The van der Waals surface area contributed by atoms with Crippen LogP contribution in [0.2, 0.25) is 0 Å². The zero-order chi connectivity index (χ0) is 17.8. The number of phosphoric ester groups is 1. The Morgan fingerprint density at radius 2 is 1.68 bits per heavy atom. The molecule has 0 heterocycles. The summed E-state index contributed by atoms with van der Waals surface area (Å²) < 4.78 is 26.9. The fraction of sp³-hybridized carbons (Fsp3) is 0.882. The second-order valence-electron chi connectivity index (χ2n) is 6.11. The van der Waals surface area contributed by atoms with Gasteiger partial charge in [0.2, 0.25) is 0 Å². The van der Waals surface area contributed by atoms with Gasteiger partial charge in [0, 0.05) is 72.5 Å². The Kier molecular flexibility index (Phi) is 23.4. The van der Waals surface area contributed by atoms with Crippen molar-refractivity contribution < 1.29 is 88.7 Å².